The van der Waals surface area contributed by atoms with Crippen molar-refractivity contribution in [1.82, 2.24) is 15.2 Å². The van der Waals surface area contributed by atoms with Gasteiger partial charge in [0.1, 0.15) is 5.82 Å². The molecule has 4 nitrogen and oxygen atoms in total. The normalized spacial score (nSPS) is 10.9. The predicted octanol–water partition coefficient (Wildman–Crippen LogP) is 3.74. The van der Waals surface area contributed by atoms with Crippen molar-refractivity contribution >= 4 is 29.9 Å². The van der Waals surface area contributed by atoms with Crippen LogP contribution in [-0.4, -0.2) is 29.4 Å². The van der Waals surface area contributed by atoms with Gasteiger partial charge in [0.15, 0.2) is 5.96 Å². The first kappa shape index (κ1) is 20.3. The molecule has 1 aromatic carbocycles. The maximum Gasteiger partial charge on any atom is 0.194 e. The van der Waals surface area contributed by atoms with E-state index in [0.717, 1.165) is 29.3 Å². The largest absolute Gasteiger partial charge is 0.357 e. The van der Waals surface area contributed by atoms with Gasteiger partial charge in [-0.1, -0.05) is 18.2 Å². The number of hydrogen-bond donors (Lipinski definition) is 1. The zero-order valence-electron chi connectivity index (χ0n) is 14.3. The molecule has 0 atom stereocenters. The number of guanidine groups is 1. The first-order valence-corrected chi connectivity index (χ1v) is 7.74. The molecule has 1 N–H and O–H groups in total. The maximum absolute atomic E-state index is 13.3. The SMILES string of the molecule is CCNC(=NCc1ncccc1C)N(C)Cc1cccc(F)c1.I. The molecule has 6 heteroatoms. The Bertz CT molecular complexity index is 676. The zero-order valence-corrected chi connectivity index (χ0v) is 16.6. The molecule has 0 saturated heterocycles. The third-order valence-corrected chi connectivity index (χ3v) is 3.50. The average Bonchev–Trinajstić information content (AvgIpc) is 2.52. The Morgan fingerprint density at radius 3 is 2.75 bits per heavy atom. The average molecular weight is 442 g/mol. The van der Waals surface area contributed by atoms with E-state index in [1.165, 1.54) is 6.07 Å². The topological polar surface area (TPSA) is 40.5 Å². The number of aromatic nitrogens is 1. The second-order valence-corrected chi connectivity index (χ2v) is 5.42. The lowest BCUT2D eigenvalue weighted by molar-refractivity contribution is 0.474. The van der Waals surface area contributed by atoms with Crippen LogP contribution in [0.2, 0.25) is 0 Å². The Hall–Kier alpha value is -1.70. The molecule has 2 aromatic rings. The van der Waals surface area contributed by atoms with Crippen LogP contribution in [0.25, 0.3) is 0 Å². The Balaban J connectivity index is 0.00000288. The number of benzene rings is 1. The Kier molecular flexibility index (Phi) is 8.67. The van der Waals surface area contributed by atoms with E-state index in [2.05, 4.69) is 15.3 Å². The van der Waals surface area contributed by atoms with E-state index < -0.39 is 0 Å². The highest BCUT2D eigenvalue weighted by atomic mass is 127. The fourth-order valence-corrected chi connectivity index (χ4v) is 2.29. The minimum atomic E-state index is -0.220. The number of hydrogen-bond acceptors (Lipinski definition) is 2. The molecule has 0 aliphatic carbocycles. The van der Waals surface area contributed by atoms with E-state index in [1.807, 2.05) is 44.0 Å². The number of rotatable bonds is 5. The number of halogens is 2. The Morgan fingerprint density at radius 2 is 2.08 bits per heavy atom. The summed E-state index contributed by atoms with van der Waals surface area (Å²) in [6.45, 7) is 5.93. The van der Waals surface area contributed by atoms with E-state index in [1.54, 1.807) is 18.3 Å². The van der Waals surface area contributed by atoms with Crippen molar-refractivity contribution in [2.75, 3.05) is 13.6 Å². The van der Waals surface area contributed by atoms with Gasteiger partial charge in [0.2, 0.25) is 0 Å². The highest BCUT2D eigenvalue weighted by Gasteiger charge is 2.08. The predicted molar refractivity (Wildman–Crippen MR) is 107 cm³/mol. The van der Waals surface area contributed by atoms with Crippen molar-refractivity contribution in [1.29, 1.82) is 0 Å². The summed E-state index contributed by atoms with van der Waals surface area (Å²) in [5.41, 5.74) is 2.99. The van der Waals surface area contributed by atoms with Crippen LogP contribution >= 0.6 is 24.0 Å². The molecule has 0 unspecified atom stereocenters. The first-order chi connectivity index (χ1) is 11.1. The second-order valence-electron chi connectivity index (χ2n) is 5.42. The van der Waals surface area contributed by atoms with E-state index in [0.29, 0.717) is 13.1 Å². The van der Waals surface area contributed by atoms with Gasteiger partial charge in [-0.3, -0.25) is 4.98 Å². The highest BCUT2D eigenvalue weighted by molar-refractivity contribution is 14.0. The first-order valence-electron chi connectivity index (χ1n) is 7.74. The molecule has 0 spiro atoms. The molecule has 130 valence electrons. The molecular weight excluding hydrogens is 418 g/mol. The number of pyridine rings is 1. The van der Waals surface area contributed by atoms with Crippen molar-refractivity contribution < 1.29 is 4.39 Å². The van der Waals surface area contributed by atoms with Crippen molar-refractivity contribution in [3.63, 3.8) is 0 Å². The van der Waals surface area contributed by atoms with Crippen molar-refractivity contribution in [3.8, 4) is 0 Å². The van der Waals surface area contributed by atoms with Gasteiger partial charge in [0.25, 0.3) is 0 Å². The number of nitrogens with one attached hydrogen (secondary N) is 1. The molecule has 0 saturated carbocycles. The summed E-state index contributed by atoms with van der Waals surface area (Å²) >= 11 is 0. The second kappa shape index (κ2) is 10.2. The summed E-state index contributed by atoms with van der Waals surface area (Å²) in [6, 6.07) is 10.6. The van der Waals surface area contributed by atoms with E-state index in [4.69, 9.17) is 0 Å². The maximum atomic E-state index is 13.3. The number of aryl methyl sites for hydroxylation is 1. The van der Waals surface area contributed by atoms with E-state index in [9.17, 15) is 4.39 Å². The van der Waals surface area contributed by atoms with Gasteiger partial charge in [-0.05, 0) is 43.2 Å². The fraction of sp³-hybridized carbons (Fsp3) is 0.333. The van der Waals surface area contributed by atoms with Crippen LogP contribution in [0.1, 0.15) is 23.7 Å². The van der Waals surface area contributed by atoms with Crippen molar-refractivity contribution in [2.24, 2.45) is 4.99 Å². The van der Waals surface area contributed by atoms with Crippen LogP contribution in [0.15, 0.2) is 47.6 Å². The third kappa shape index (κ3) is 6.07. The summed E-state index contributed by atoms with van der Waals surface area (Å²) in [4.78, 5) is 11.0. The molecule has 0 bridgehead atoms. The van der Waals surface area contributed by atoms with E-state index >= 15 is 0 Å². The van der Waals surface area contributed by atoms with Gasteiger partial charge in [-0.25, -0.2) is 9.38 Å². The standard InChI is InChI=1S/C18H23FN4.HI/c1-4-20-18(22-12-17-14(2)7-6-10-21-17)23(3)13-15-8-5-9-16(19)11-15;/h5-11H,4,12-13H2,1-3H3,(H,20,22);1H. The van der Waals surface area contributed by atoms with Gasteiger partial charge in [0.05, 0.1) is 12.2 Å². The smallest absolute Gasteiger partial charge is 0.194 e. The highest BCUT2D eigenvalue weighted by Crippen LogP contribution is 2.08. The summed E-state index contributed by atoms with van der Waals surface area (Å²) in [5.74, 6) is 0.559. The fourth-order valence-electron chi connectivity index (χ4n) is 2.29. The molecule has 1 heterocycles. The number of nitrogens with zero attached hydrogens (tertiary/aromatic N) is 3. The summed E-state index contributed by atoms with van der Waals surface area (Å²) in [6.07, 6.45) is 1.78. The number of aliphatic imine (C=N–C) groups is 1. The van der Waals surface area contributed by atoms with Crippen LogP contribution in [0.5, 0.6) is 0 Å². The van der Waals surface area contributed by atoms with Gasteiger partial charge < -0.3 is 10.2 Å². The van der Waals surface area contributed by atoms with Crippen molar-refractivity contribution in [2.45, 2.75) is 26.9 Å². The van der Waals surface area contributed by atoms with Gasteiger partial charge in [0, 0.05) is 26.3 Å². The molecule has 0 fully saturated rings. The molecule has 2 rings (SSSR count). The molecule has 0 aliphatic heterocycles. The van der Waals surface area contributed by atoms with Crippen LogP contribution in [0.3, 0.4) is 0 Å². The van der Waals surface area contributed by atoms with Crippen LogP contribution in [0.4, 0.5) is 4.39 Å². The minimum Gasteiger partial charge on any atom is -0.357 e. The summed E-state index contributed by atoms with van der Waals surface area (Å²) in [7, 11) is 1.94. The van der Waals surface area contributed by atoms with Crippen molar-refractivity contribution in [3.05, 3.63) is 65.2 Å². The quantitative estimate of drug-likeness (QED) is 0.436. The Morgan fingerprint density at radius 1 is 1.29 bits per heavy atom. The molecule has 0 radical (unpaired) electrons. The molecule has 0 aliphatic rings. The minimum absolute atomic E-state index is 0. The lowest BCUT2D eigenvalue weighted by Gasteiger charge is -2.22. The molecular formula is C18H24FIN4. The monoisotopic (exact) mass is 442 g/mol. The molecule has 0 amide bonds. The summed E-state index contributed by atoms with van der Waals surface area (Å²) < 4.78 is 13.3. The Labute approximate surface area is 160 Å². The van der Waals surface area contributed by atoms with Crippen LogP contribution in [-0.2, 0) is 13.1 Å². The van der Waals surface area contributed by atoms with Gasteiger partial charge in [-0.15, -0.1) is 24.0 Å². The lowest BCUT2D eigenvalue weighted by Crippen LogP contribution is -2.38. The zero-order chi connectivity index (χ0) is 16.7. The van der Waals surface area contributed by atoms with Crippen LogP contribution in [0, 0.1) is 12.7 Å². The molecule has 24 heavy (non-hydrogen) atoms. The van der Waals surface area contributed by atoms with Gasteiger partial charge >= 0.3 is 0 Å². The summed E-state index contributed by atoms with van der Waals surface area (Å²) in [5, 5.41) is 3.26. The van der Waals surface area contributed by atoms with Gasteiger partial charge in [-0.2, -0.15) is 0 Å². The molecule has 1 aromatic heterocycles. The third-order valence-electron chi connectivity index (χ3n) is 3.50. The van der Waals surface area contributed by atoms with E-state index in [-0.39, 0.29) is 29.8 Å². The lowest BCUT2D eigenvalue weighted by atomic mass is 10.2. The van der Waals surface area contributed by atoms with Crippen LogP contribution < -0.4 is 5.32 Å².